The molecule has 0 amide bonds. The van der Waals surface area contributed by atoms with E-state index in [0.717, 1.165) is 0 Å². The van der Waals surface area contributed by atoms with Crippen LogP contribution in [0.25, 0.3) is 0 Å². The van der Waals surface area contributed by atoms with E-state index >= 15 is 0 Å². The molecule has 6 heteroatoms. The van der Waals surface area contributed by atoms with E-state index in [0.29, 0.717) is 22.8 Å². The molecule has 0 radical (unpaired) electrons. The maximum Gasteiger partial charge on any atom is 0.392 e. The number of hydrogen-bond donors (Lipinski definition) is 1. The molecule has 1 aromatic rings. The lowest BCUT2D eigenvalue weighted by atomic mass is 10.1. The third-order valence-electron chi connectivity index (χ3n) is 2.25. The fourth-order valence-electron chi connectivity index (χ4n) is 1.47. The largest absolute Gasteiger partial charge is 0.493 e. The van der Waals surface area contributed by atoms with Crippen LogP contribution in [0.5, 0.6) is 5.75 Å². The molecule has 0 aliphatic heterocycles. The molecule has 0 saturated carbocycles. The highest BCUT2D eigenvalue weighted by atomic mass is 35.5. The van der Waals surface area contributed by atoms with E-state index in [4.69, 9.17) is 22.1 Å². The number of halogens is 4. The van der Waals surface area contributed by atoms with E-state index < -0.39 is 19.2 Å². The van der Waals surface area contributed by atoms with Crippen LogP contribution in [0.15, 0.2) is 18.2 Å². The summed E-state index contributed by atoms with van der Waals surface area (Å²) in [6.45, 7) is 1.37. The Kier molecular flexibility index (Phi) is 5.28. The molecule has 1 unspecified atom stereocenters. The van der Waals surface area contributed by atoms with Gasteiger partial charge in [0.2, 0.25) is 0 Å². The molecule has 0 spiro atoms. The van der Waals surface area contributed by atoms with E-state index in [2.05, 4.69) is 0 Å². The van der Waals surface area contributed by atoms with Gasteiger partial charge in [0, 0.05) is 16.6 Å². The van der Waals surface area contributed by atoms with Gasteiger partial charge in [-0.2, -0.15) is 13.2 Å². The lowest BCUT2D eigenvalue weighted by Gasteiger charge is -2.15. The summed E-state index contributed by atoms with van der Waals surface area (Å²) in [6, 6.07) is 4.75. The Labute approximate surface area is 109 Å². The van der Waals surface area contributed by atoms with Crippen molar-refractivity contribution in [3.8, 4) is 5.75 Å². The van der Waals surface area contributed by atoms with Crippen LogP contribution in [-0.2, 0) is 6.42 Å². The van der Waals surface area contributed by atoms with Gasteiger partial charge in [0.15, 0.2) is 0 Å². The molecule has 1 atom stereocenters. The predicted octanol–water partition coefficient (Wildman–Crippen LogP) is 3.56. The maximum absolute atomic E-state index is 12.0. The zero-order chi connectivity index (χ0) is 13.8. The topological polar surface area (TPSA) is 35.2 Å². The van der Waals surface area contributed by atoms with Crippen molar-refractivity contribution in [1.29, 1.82) is 0 Å². The number of benzene rings is 1. The quantitative estimate of drug-likeness (QED) is 0.896. The molecular formula is C12H15ClF3NO. The van der Waals surface area contributed by atoms with E-state index in [1.165, 1.54) is 0 Å². The molecule has 0 heterocycles. The summed E-state index contributed by atoms with van der Waals surface area (Å²) in [6.07, 6.45) is -4.75. The Morgan fingerprint density at radius 3 is 2.61 bits per heavy atom. The van der Waals surface area contributed by atoms with Crippen LogP contribution in [0.1, 0.15) is 18.9 Å². The van der Waals surface area contributed by atoms with E-state index in [9.17, 15) is 13.2 Å². The lowest BCUT2D eigenvalue weighted by molar-refractivity contribution is -0.139. The molecule has 0 bridgehead atoms. The average Bonchev–Trinajstić information content (AvgIpc) is 2.20. The third-order valence-corrected chi connectivity index (χ3v) is 2.60. The molecule has 102 valence electrons. The van der Waals surface area contributed by atoms with Crippen LogP contribution in [-0.4, -0.2) is 18.8 Å². The molecule has 0 fully saturated rings. The van der Waals surface area contributed by atoms with Crippen molar-refractivity contribution in [2.75, 3.05) is 6.61 Å². The first-order valence-electron chi connectivity index (χ1n) is 5.52. The van der Waals surface area contributed by atoms with Crippen LogP contribution in [0.2, 0.25) is 5.02 Å². The highest BCUT2D eigenvalue weighted by Gasteiger charge is 2.27. The van der Waals surface area contributed by atoms with Gasteiger partial charge in [0.05, 0.1) is 13.0 Å². The van der Waals surface area contributed by atoms with Gasteiger partial charge in [-0.3, -0.25) is 0 Å². The SMILES string of the molecule is CC(N)Cc1c(Cl)cccc1OCCC(F)(F)F. The smallest absolute Gasteiger partial charge is 0.392 e. The molecule has 0 aliphatic rings. The molecule has 0 aliphatic carbocycles. The molecule has 18 heavy (non-hydrogen) atoms. The first-order chi connectivity index (χ1) is 8.29. The Hall–Kier alpha value is -0.940. The summed E-state index contributed by atoms with van der Waals surface area (Å²) >= 11 is 5.98. The first-order valence-corrected chi connectivity index (χ1v) is 5.90. The Balaban J connectivity index is 2.72. The molecular weight excluding hydrogens is 267 g/mol. The fraction of sp³-hybridized carbons (Fsp3) is 0.500. The van der Waals surface area contributed by atoms with Gasteiger partial charge in [-0.25, -0.2) is 0 Å². The van der Waals surface area contributed by atoms with E-state index in [1.807, 2.05) is 0 Å². The van der Waals surface area contributed by atoms with Crippen LogP contribution >= 0.6 is 11.6 Å². The third kappa shape index (κ3) is 5.14. The fourth-order valence-corrected chi connectivity index (χ4v) is 1.71. The summed E-state index contributed by atoms with van der Waals surface area (Å²) < 4.78 is 41.2. The Morgan fingerprint density at radius 2 is 2.06 bits per heavy atom. The first kappa shape index (κ1) is 15.1. The lowest BCUT2D eigenvalue weighted by Crippen LogP contribution is -2.19. The monoisotopic (exact) mass is 281 g/mol. The van der Waals surface area contributed by atoms with E-state index in [-0.39, 0.29) is 6.04 Å². The minimum Gasteiger partial charge on any atom is -0.493 e. The zero-order valence-corrected chi connectivity index (χ0v) is 10.7. The second-order valence-corrected chi connectivity index (χ2v) is 4.52. The number of hydrogen-bond acceptors (Lipinski definition) is 2. The summed E-state index contributed by atoms with van der Waals surface area (Å²) in [5.74, 6) is 0.365. The molecule has 1 rings (SSSR count). The molecule has 2 nitrogen and oxygen atoms in total. The summed E-state index contributed by atoms with van der Waals surface area (Å²) in [7, 11) is 0. The summed E-state index contributed by atoms with van der Waals surface area (Å²) in [5, 5.41) is 0.455. The van der Waals surface area contributed by atoms with Crippen LogP contribution in [0, 0.1) is 0 Å². The predicted molar refractivity (Wildman–Crippen MR) is 65.0 cm³/mol. The second kappa shape index (κ2) is 6.29. The van der Waals surface area contributed by atoms with Gasteiger partial charge in [0.25, 0.3) is 0 Å². The molecule has 2 N–H and O–H groups in total. The van der Waals surface area contributed by atoms with Crippen LogP contribution < -0.4 is 10.5 Å². The van der Waals surface area contributed by atoms with Crippen LogP contribution in [0.3, 0.4) is 0 Å². The van der Waals surface area contributed by atoms with Gasteiger partial charge >= 0.3 is 6.18 Å². The Morgan fingerprint density at radius 1 is 1.39 bits per heavy atom. The summed E-state index contributed by atoms with van der Waals surface area (Å²) in [5.41, 5.74) is 6.32. The van der Waals surface area contributed by atoms with Gasteiger partial charge in [-0.15, -0.1) is 0 Å². The van der Waals surface area contributed by atoms with Crippen molar-refractivity contribution in [2.45, 2.75) is 32.0 Å². The minimum absolute atomic E-state index is 0.144. The maximum atomic E-state index is 12.0. The van der Waals surface area contributed by atoms with Crippen molar-refractivity contribution in [1.82, 2.24) is 0 Å². The average molecular weight is 282 g/mol. The van der Waals surface area contributed by atoms with Gasteiger partial charge in [0.1, 0.15) is 5.75 Å². The van der Waals surface area contributed by atoms with Gasteiger partial charge in [-0.1, -0.05) is 17.7 Å². The molecule has 1 aromatic carbocycles. The standard InChI is InChI=1S/C12H15ClF3NO/c1-8(17)7-9-10(13)3-2-4-11(9)18-6-5-12(14,15)16/h2-4,8H,5-7,17H2,1H3. The van der Waals surface area contributed by atoms with E-state index in [1.54, 1.807) is 25.1 Å². The van der Waals surface area contributed by atoms with Crippen molar-refractivity contribution in [3.63, 3.8) is 0 Å². The van der Waals surface area contributed by atoms with Crippen LogP contribution in [0.4, 0.5) is 13.2 Å². The van der Waals surface area contributed by atoms with Gasteiger partial charge in [-0.05, 0) is 25.5 Å². The van der Waals surface area contributed by atoms with Crippen molar-refractivity contribution >= 4 is 11.6 Å². The molecule has 0 saturated heterocycles. The Bertz CT molecular complexity index is 393. The normalized spacial score (nSPS) is 13.4. The highest BCUT2D eigenvalue weighted by molar-refractivity contribution is 6.31. The highest BCUT2D eigenvalue weighted by Crippen LogP contribution is 2.28. The number of ether oxygens (including phenoxy) is 1. The minimum atomic E-state index is -4.22. The second-order valence-electron chi connectivity index (χ2n) is 4.11. The summed E-state index contributed by atoms with van der Waals surface area (Å²) in [4.78, 5) is 0. The van der Waals surface area contributed by atoms with Crippen molar-refractivity contribution in [2.24, 2.45) is 5.73 Å². The van der Waals surface area contributed by atoms with Crippen molar-refractivity contribution in [3.05, 3.63) is 28.8 Å². The number of rotatable bonds is 5. The number of alkyl halides is 3. The zero-order valence-electron chi connectivity index (χ0n) is 9.93. The number of nitrogens with two attached hydrogens (primary N) is 1. The molecule has 0 aromatic heterocycles. The van der Waals surface area contributed by atoms with Gasteiger partial charge < -0.3 is 10.5 Å². The van der Waals surface area contributed by atoms with Crippen molar-refractivity contribution < 1.29 is 17.9 Å².